The number of hydrogen-bond acceptors (Lipinski definition) is 5. The number of hydrogen-bond donors (Lipinski definition) is 1. The number of fused-ring (bicyclic) bond motifs is 1. The molecular weight excluding hydrogens is 426 g/mol. The highest BCUT2D eigenvalue weighted by Gasteiger charge is 2.15. The molecule has 0 fully saturated rings. The first kappa shape index (κ1) is 20.2. The lowest BCUT2D eigenvalue weighted by Gasteiger charge is -2.12. The molecular formula is C21H18ClN3O4S. The fourth-order valence-electron chi connectivity index (χ4n) is 3.16. The van der Waals surface area contributed by atoms with E-state index in [9.17, 15) is 14.4 Å². The van der Waals surface area contributed by atoms with Crippen molar-refractivity contribution in [2.45, 2.75) is 26.1 Å². The molecule has 7 nitrogen and oxygen atoms in total. The van der Waals surface area contributed by atoms with Gasteiger partial charge in [-0.2, -0.15) is 0 Å². The van der Waals surface area contributed by atoms with E-state index in [0.29, 0.717) is 27.5 Å². The summed E-state index contributed by atoms with van der Waals surface area (Å²) in [5.41, 5.74) is 0.648. The Hall–Kier alpha value is -3.10. The number of benzene rings is 1. The smallest absolute Gasteiger partial charge is 0.331 e. The van der Waals surface area contributed by atoms with Crippen molar-refractivity contribution in [3.8, 4) is 0 Å². The van der Waals surface area contributed by atoms with E-state index in [4.69, 9.17) is 16.0 Å². The third kappa shape index (κ3) is 4.24. The van der Waals surface area contributed by atoms with Gasteiger partial charge in [0.2, 0.25) is 5.91 Å². The van der Waals surface area contributed by atoms with Gasteiger partial charge in [-0.05, 0) is 41.3 Å². The molecule has 0 atom stereocenters. The van der Waals surface area contributed by atoms with Gasteiger partial charge in [0.15, 0.2) is 0 Å². The molecule has 30 heavy (non-hydrogen) atoms. The SMILES string of the molecule is O=C(CCn1c(=O)c2sccc2n(Cc2ccc(Cl)cc2)c1=O)NCc1ccco1. The molecule has 1 aromatic carbocycles. The summed E-state index contributed by atoms with van der Waals surface area (Å²) in [6.07, 6.45) is 1.54. The quantitative estimate of drug-likeness (QED) is 0.475. The number of furan rings is 1. The fraction of sp³-hybridized carbons (Fsp3) is 0.190. The lowest BCUT2D eigenvalue weighted by Crippen LogP contribution is -2.40. The summed E-state index contributed by atoms with van der Waals surface area (Å²) in [4.78, 5) is 38.1. The normalized spacial score (nSPS) is 11.1. The number of thiophene rings is 1. The van der Waals surface area contributed by atoms with Crippen LogP contribution in [0.25, 0.3) is 10.2 Å². The van der Waals surface area contributed by atoms with Gasteiger partial charge in [-0.3, -0.25) is 18.7 Å². The Morgan fingerprint density at radius 3 is 2.63 bits per heavy atom. The number of carbonyl (C=O) groups excluding carboxylic acids is 1. The van der Waals surface area contributed by atoms with E-state index in [1.807, 2.05) is 12.1 Å². The van der Waals surface area contributed by atoms with Crippen molar-refractivity contribution in [3.05, 3.63) is 91.3 Å². The highest BCUT2D eigenvalue weighted by molar-refractivity contribution is 7.17. The summed E-state index contributed by atoms with van der Waals surface area (Å²) in [7, 11) is 0. The molecule has 1 amide bonds. The summed E-state index contributed by atoms with van der Waals surface area (Å²) in [6.45, 7) is 0.551. The average Bonchev–Trinajstić information content (AvgIpc) is 3.43. The molecule has 0 saturated heterocycles. The van der Waals surface area contributed by atoms with Crippen molar-refractivity contribution < 1.29 is 9.21 Å². The maximum absolute atomic E-state index is 13.1. The molecule has 3 aromatic heterocycles. The van der Waals surface area contributed by atoms with Crippen LogP contribution >= 0.6 is 22.9 Å². The first-order valence-corrected chi connectivity index (χ1v) is 10.5. The summed E-state index contributed by atoms with van der Waals surface area (Å²) >= 11 is 7.22. The van der Waals surface area contributed by atoms with Gasteiger partial charge >= 0.3 is 5.69 Å². The molecule has 0 bridgehead atoms. The van der Waals surface area contributed by atoms with Crippen molar-refractivity contribution in [2.24, 2.45) is 0 Å². The number of halogens is 1. The van der Waals surface area contributed by atoms with Crippen LogP contribution in [0.15, 0.2) is 68.1 Å². The van der Waals surface area contributed by atoms with Crippen molar-refractivity contribution in [2.75, 3.05) is 0 Å². The second-order valence-corrected chi connectivity index (χ2v) is 8.05. The second-order valence-electron chi connectivity index (χ2n) is 6.69. The third-order valence-corrected chi connectivity index (χ3v) is 5.84. The Bertz CT molecular complexity index is 1290. The van der Waals surface area contributed by atoms with Crippen LogP contribution in [0, 0.1) is 0 Å². The monoisotopic (exact) mass is 443 g/mol. The van der Waals surface area contributed by atoms with E-state index in [1.165, 1.54) is 17.6 Å². The minimum Gasteiger partial charge on any atom is -0.467 e. The van der Waals surface area contributed by atoms with Gasteiger partial charge in [-0.15, -0.1) is 11.3 Å². The molecule has 0 saturated carbocycles. The molecule has 0 aliphatic heterocycles. The summed E-state index contributed by atoms with van der Waals surface area (Å²) in [5, 5.41) is 5.11. The molecule has 0 aliphatic carbocycles. The summed E-state index contributed by atoms with van der Waals surface area (Å²) in [6, 6.07) is 12.4. The Morgan fingerprint density at radius 1 is 1.10 bits per heavy atom. The molecule has 0 radical (unpaired) electrons. The fourth-order valence-corrected chi connectivity index (χ4v) is 4.13. The van der Waals surface area contributed by atoms with Crippen molar-refractivity contribution >= 4 is 39.1 Å². The van der Waals surface area contributed by atoms with Crippen LogP contribution in [0.3, 0.4) is 0 Å². The van der Waals surface area contributed by atoms with Gasteiger partial charge in [0.1, 0.15) is 10.5 Å². The molecule has 0 aliphatic rings. The molecule has 9 heteroatoms. The van der Waals surface area contributed by atoms with Crippen LogP contribution in [-0.4, -0.2) is 15.0 Å². The van der Waals surface area contributed by atoms with E-state index in [1.54, 1.807) is 40.3 Å². The topological polar surface area (TPSA) is 86.2 Å². The van der Waals surface area contributed by atoms with Crippen LogP contribution in [0.5, 0.6) is 0 Å². The van der Waals surface area contributed by atoms with E-state index in [-0.39, 0.29) is 31.0 Å². The Balaban J connectivity index is 1.58. The Labute approximate surface area is 180 Å². The van der Waals surface area contributed by atoms with Crippen LogP contribution in [0.2, 0.25) is 5.02 Å². The molecule has 0 spiro atoms. The van der Waals surface area contributed by atoms with Gasteiger partial charge < -0.3 is 9.73 Å². The zero-order valence-corrected chi connectivity index (χ0v) is 17.4. The minimum absolute atomic E-state index is 0.00386. The minimum atomic E-state index is -0.445. The molecule has 4 aromatic rings. The van der Waals surface area contributed by atoms with E-state index < -0.39 is 5.69 Å². The highest BCUT2D eigenvalue weighted by atomic mass is 35.5. The number of nitrogens with one attached hydrogen (secondary N) is 1. The average molecular weight is 444 g/mol. The standard InChI is InChI=1S/C21H18ClN3O4S/c22-15-5-3-14(4-6-15)13-25-17-8-11-30-19(17)20(27)24(21(25)28)9-7-18(26)23-12-16-2-1-10-29-16/h1-6,8,10-11H,7,9,12-13H2,(H,23,26). The number of rotatable bonds is 7. The van der Waals surface area contributed by atoms with Crippen LogP contribution in [0.4, 0.5) is 0 Å². The summed E-state index contributed by atoms with van der Waals surface area (Å²) < 4.78 is 8.34. The van der Waals surface area contributed by atoms with Gasteiger partial charge in [-0.25, -0.2) is 4.79 Å². The van der Waals surface area contributed by atoms with Crippen molar-refractivity contribution in [3.63, 3.8) is 0 Å². The Morgan fingerprint density at radius 2 is 1.90 bits per heavy atom. The van der Waals surface area contributed by atoms with Gasteiger partial charge in [0.05, 0.1) is 24.9 Å². The predicted molar refractivity (Wildman–Crippen MR) is 116 cm³/mol. The van der Waals surface area contributed by atoms with Gasteiger partial charge in [0, 0.05) is 18.0 Å². The van der Waals surface area contributed by atoms with Gasteiger partial charge in [0.25, 0.3) is 5.56 Å². The maximum Gasteiger partial charge on any atom is 0.331 e. The van der Waals surface area contributed by atoms with Crippen LogP contribution in [0.1, 0.15) is 17.7 Å². The first-order valence-electron chi connectivity index (χ1n) is 9.27. The van der Waals surface area contributed by atoms with E-state index in [0.717, 1.165) is 10.1 Å². The van der Waals surface area contributed by atoms with Crippen molar-refractivity contribution in [1.82, 2.24) is 14.5 Å². The van der Waals surface area contributed by atoms with E-state index >= 15 is 0 Å². The number of carbonyl (C=O) groups is 1. The van der Waals surface area contributed by atoms with Gasteiger partial charge in [-0.1, -0.05) is 23.7 Å². The largest absolute Gasteiger partial charge is 0.467 e. The van der Waals surface area contributed by atoms with Crippen LogP contribution < -0.4 is 16.6 Å². The molecule has 1 N–H and O–H groups in total. The first-order chi connectivity index (χ1) is 14.5. The Kier molecular flexibility index (Phi) is 5.87. The zero-order chi connectivity index (χ0) is 21.1. The molecule has 154 valence electrons. The molecule has 3 heterocycles. The lowest BCUT2D eigenvalue weighted by atomic mass is 10.2. The van der Waals surface area contributed by atoms with E-state index in [2.05, 4.69) is 5.32 Å². The molecule has 0 unspecified atom stereocenters. The predicted octanol–water partition coefficient (Wildman–Crippen LogP) is 3.23. The maximum atomic E-state index is 13.1. The lowest BCUT2D eigenvalue weighted by molar-refractivity contribution is -0.121. The van der Waals surface area contributed by atoms with Crippen molar-refractivity contribution in [1.29, 1.82) is 0 Å². The number of aromatic nitrogens is 2. The number of nitrogens with zero attached hydrogens (tertiary/aromatic N) is 2. The van der Waals surface area contributed by atoms with Crippen LogP contribution in [-0.2, 0) is 24.4 Å². The molecule has 4 rings (SSSR count). The highest BCUT2D eigenvalue weighted by Crippen LogP contribution is 2.17. The second kappa shape index (κ2) is 8.73. The number of amides is 1. The zero-order valence-electron chi connectivity index (χ0n) is 15.8. The summed E-state index contributed by atoms with van der Waals surface area (Å²) in [5.74, 6) is 0.360. The third-order valence-electron chi connectivity index (χ3n) is 4.69.